The van der Waals surface area contributed by atoms with Crippen molar-refractivity contribution in [2.45, 2.75) is 45.6 Å². The van der Waals surface area contributed by atoms with E-state index in [4.69, 9.17) is 5.73 Å². The summed E-state index contributed by atoms with van der Waals surface area (Å²) in [5.41, 5.74) is 6.10. The van der Waals surface area contributed by atoms with Gasteiger partial charge < -0.3 is 11.1 Å². The molecule has 0 aliphatic rings. The van der Waals surface area contributed by atoms with Crippen LogP contribution in [0.15, 0.2) is 5.38 Å². The second kappa shape index (κ2) is 5.30. The van der Waals surface area contributed by atoms with Gasteiger partial charge in [0.25, 0.3) is 0 Å². The summed E-state index contributed by atoms with van der Waals surface area (Å²) in [6, 6.07) is 0. The molecular formula is C11H19N3OS. The van der Waals surface area contributed by atoms with Crippen LogP contribution in [0.4, 0.5) is 5.13 Å². The van der Waals surface area contributed by atoms with E-state index in [1.807, 2.05) is 19.2 Å². The predicted molar refractivity (Wildman–Crippen MR) is 67.4 cm³/mol. The third-order valence-electron chi connectivity index (χ3n) is 2.26. The van der Waals surface area contributed by atoms with E-state index in [1.54, 1.807) is 0 Å². The molecule has 0 aromatic carbocycles. The van der Waals surface area contributed by atoms with Crippen molar-refractivity contribution >= 4 is 22.4 Å². The van der Waals surface area contributed by atoms with Crippen LogP contribution in [0.5, 0.6) is 0 Å². The molecule has 0 aliphatic carbocycles. The minimum atomic E-state index is -0.145. The summed E-state index contributed by atoms with van der Waals surface area (Å²) in [6.45, 7) is 6.17. The van der Waals surface area contributed by atoms with Crippen molar-refractivity contribution in [2.75, 3.05) is 5.73 Å². The van der Waals surface area contributed by atoms with Gasteiger partial charge in [0.05, 0.1) is 12.1 Å². The first-order valence-corrected chi connectivity index (χ1v) is 6.32. The maximum Gasteiger partial charge on any atom is 0.226 e. The van der Waals surface area contributed by atoms with Crippen molar-refractivity contribution in [1.82, 2.24) is 10.3 Å². The highest BCUT2D eigenvalue weighted by molar-refractivity contribution is 7.13. The standard InChI is InChI=1S/C11H19N3OS/c1-4-5-11(2,3)14-9(15)6-8-7-16-10(12)13-8/h7H,4-6H2,1-3H3,(H2,12,13)(H,14,15). The van der Waals surface area contributed by atoms with Gasteiger partial charge in [-0.25, -0.2) is 4.98 Å². The average molecular weight is 241 g/mol. The van der Waals surface area contributed by atoms with Gasteiger partial charge in [-0.05, 0) is 20.3 Å². The quantitative estimate of drug-likeness (QED) is 0.828. The predicted octanol–water partition coefficient (Wildman–Crippen LogP) is 1.96. The summed E-state index contributed by atoms with van der Waals surface area (Å²) in [6.07, 6.45) is 2.33. The van der Waals surface area contributed by atoms with Crippen LogP contribution in [0, 0.1) is 0 Å². The van der Waals surface area contributed by atoms with E-state index >= 15 is 0 Å². The molecule has 90 valence electrons. The Morgan fingerprint density at radius 3 is 2.81 bits per heavy atom. The molecule has 0 saturated heterocycles. The van der Waals surface area contributed by atoms with E-state index in [0.717, 1.165) is 18.5 Å². The number of anilines is 1. The van der Waals surface area contributed by atoms with Crippen LogP contribution in [0.3, 0.4) is 0 Å². The zero-order valence-corrected chi connectivity index (χ0v) is 10.9. The van der Waals surface area contributed by atoms with Gasteiger partial charge in [0.1, 0.15) is 0 Å². The summed E-state index contributed by atoms with van der Waals surface area (Å²) in [7, 11) is 0. The topological polar surface area (TPSA) is 68.0 Å². The number of carbonyl (C=O) groups excluding carboxylic acids is 1. The highest BCUT2D eigenvalue weighted by atomic mass is 32.1. The number of nitrogen functional groups attached to an aromatic ring is 1. The molecule has 1 heterocycles. The first-order valence-electron chi connectivity index (χ1n) is 5.44. The Balaban J connectivity index is 2.47. The fourth-order valence-corrected chi connectivity index (χ4v) is 2.24. The molecule has 0 spiro atoms. The molecule has 0 bridgehead atoms. The highest BCUT2D eigenvalue weighted by Gasteiger charge is 2.19. The number of amides is 1. The summed E-state index contributed by atoms with van der Waals surface area (Å²) in [5, 5.41) is 5.33. The molecule has 0 saturated carbocycles. The van der Waals surface area contributed by atoms with Crippen LogP contribution in [0.2, 0.25) is 0 Å². The molecule has 0 atom stereocenters. The Morgan fingerprint density at radius 2 is 2.31 bits per heavy atom. The molecule has 0 unspecified atom stereocenters. The molecule has 1 rings (SSSR count). The zero-order valence-electron chi connectivity index (χ0n) is 10.0. The van der Waals surface area contributed by atoms with E-state index < -0.39 is 0 Å². The minimum Gasteiger partial charge on any atom is -0.375 e. The largest absolute Gasteiger partial charge is 0.375 e. The van der Waals surface area contributed by atoms with E-state index in [1.165, 1.54) is 11.3 Å². The second-order valence-corrected chi connectivity index (χ2v) is 5.43. The maximum atomic E-state index is 11.7. The molecule has 0 aliphatic heterocycles. The van der Waals surface area contributed by atoms with E-state index in [-0.39, 0.29) is 11.4 Å². The molecular weight excluding hydrogens is 222 g/mol. The number of hydrogen-bond donors (Lipinski definition) is 2. The maximum absolute atomic E-state index is 11.7. The molecule has 5 heteroatoms. The van der Waals surface area contributed by atoms with Gasteiger partial charge in [0.2, 0.25) is 5.91 Å². The third kappa shape index (κ3) is 4.18. The fourth-order valence-electron chi connectivity index (χ4n) is 1.68. The van der Waals surface area contributed by atoms with Crippen molar-refractivity contribution in [2.24, 2.45) is 0 Å². The number of aromatic nitrogens is 1. The van der Waals surface area contributed by atoms with Gasteiger partial charge in [-0.15, -0.1) is 11.3 Å². The van der Waals surface area contributed by atoms with Crippen LogP contribution in [-0.2, 0) is 11.2 Å². The van der Waals surface area contributed by atoms with Crippen LogP contribution >= 0.6 is 11.3 Å². The molecule has 1 amide bonds. The second-order valence-electron chi connectivity index (χ2n) is 4.54. The summed E-state index contributed by atoms with van der Waals surface area (Å²) in [4.78, 5) is 15.8. The molecule has 3 N–H and O–H groups in total. The first kappa shape index (κ1) is 13.0. The number of thiazole rings is 1. The van der Waals surface area contributed by atoms with Crippen LogP contribution in [0.25, 0.3) is 0 Å². The number of hydrogen-bond acceptors (Lipinski definition) is 4. The lowest BCUT2D eigenvalue weighted by Gasteiger charge is -2.25. The molecule has 0 radical (unpaired) electrons. The Hall–Kier alpha value is -1.10. The Labute approximate surface area is 100 Å². The van der Waals surface area contributed by atoms with Gasteiger partial charge in [-0.1, -0.05) is 13.3 Å². The number of nitrogens with one attached hydrogen (secondary N) is 1. The lowest BCUT2D eigenvalue weighted by Crippen LogP contribution is -2.43. The SMILES string of the molecule is CCCC(C)(C)NC(=O)Cc1csc(N)n1. The van der Waals surface area contributed by atoms with Crippen molar-refractivity contribution in [3.63, 3.8) is 0 Å². The van der Waals surface area contributed by atoms with E-state index in [9.17, 15) is 4.79 Å². The molecule has 4 nitrogen and oxygen atoms in total. The molecule has 16 heavy (non-hydrogen) atoms. The van der Waals surface area contributed by atoms with E-state index in [0.29, 0.717) is 11.6 Å². The fraction of sp³-hybridized carbons (Fsp3) is 0.636. The van der Waals surface area contributed by atoms with Crippen LogP contribution < -0.4 is 11.1 Å². The monoisotopic (exact) mass is 241 g/mol. The summed E-state index contributed by atoms with van der Waals surface area (Å²) in [5.74, 6) is 0.00347. The number of carbonyl (C=O) groups is 1. The Bertz CT molecular complexity index is 360. The van der Waals surface area contributed by atoms with Gasteiger partial charge >= 0.3 is 0 Å². The van der Waals surface area contributed by atoms with Gasteiger partial charge in [-0.3, -0.25) is 4.79 Å². The number of rotatable bonds is 5. The lowest BCUT2D eigenvalue weighted by atomic mass is 9.99. The van der Waals surface area contributed by atoms with E-state index in [2.05, 4.69) is 17.2 Å². The lowest BCUT2D eigenvalue weighted by molar-refractivity contribution is -0.122. The third-order valence-corrected chi connectivity index (χ3v) is 2.99. The number of nitrogens with two attached hydrogens (primary N) is 1. The number of nitrogens with zero attached hydrogens (tertiary/aromatic N) is 1. The van der Waals surface area contributed by atoms with Crippen molar-refractivity contribution < 1.29 is 4.79 Å². The Morgan fingerprint density at radius 1 is 1.62 bits per heavy atom. The molecule has 0 fully saturated rings. The normalized spacial score (nSPS) is 11.4. The molecule has 1 aromatic heterocycles. The smallest absolute Gasteiger partial charge is 0.226 e. The summed E-state index contributed by atoms with van der Waals surface area (Å²) >= 11 is 1.36. The van der Waals surface area contributed by atoms with Crippen LogP contribution in [0.1, 0.15) is 39.3 Å². The highest BCUT2D eigenvalue weighted by Crippen LogP contribution is 2.13. The molecule has 1 aromatic rings. The Kier molecular flexibility index (Phi) is 4.29. The first-order chi connectivity index (χ1) is 7.43. The summed E-state index contributed by atoms with van der Waals surface area (Å²) < 4.78 is 0. The van der Waals surface area contributed by atoms with Crippen molar-refractivity contribution in [3.8, 4) is 0 Å². The van der Waals surface area contributed by atoms with Gasteiger partial charge in [-0.2, -0.15) is 0 Å². The zero-order chi connectivity index (χ0) is 12.2. The van der Waals surface area contributed by atoms with Gasteiger partial charge in [0, 0.05) is 10.9 Å². The van der Waals surface area contributed by atoms with Gasteiger partial charge in [0.15, 0.2) is 5.13 Å². The van der Waals surface area contributed by atoms with Crippen molar-refractivity contribution in [3.05, 3.63) is 11.1 Å². The average Bonchev–Trinajstić information content (AvgIpc) is 2.49. The van der Waals surface area contributed by atoms with Crippen LogP contribution in [-0.4, -0.2) is 16.4 Å². The minimum absolute atomic E-state index is 0.00347. The van der Waals surface area contributed by atoms with Crippen molar-refractivity contribution in [1.29, 1.82) is 0 Å².